The molecule has 6 nitrogen and oxygen atoms in total. The van der Waals surface area contributed by atoms with Crippen molar-refractivity contribution in [2.45, 2.75) is 6.92 Å². The highest BCUT2D eigenvalue weighted by Crippen LogP contribution is 2.20. The van der Waals surface area contributed by atoms with Crippen LogP contribution >= 0.6 is 0 Å². The monoisotopic (exact) mass is 271 g/mol. The van der Waals surface area contributed by atoms with Crippen LogP contribution in [0.5, 0.6) is 0 Å². The number of amides is 1. The molecule has 1 aromatic carbocycles. The van der Waals surface area contributed by atoms with Gasteiger partial charge in [0.25, 0.3) is 0 Å². The van der Waals surface area contributed by atoms with E-state index in [4.69, 9.17) is 0 Å². The van der Waals surface area contributed by atoms with Gasteiger partial charge in [-0.2, -0.15) is 0 Å². The predicted molar refractivity (Wildman–Crippen MR) is 75.9 cm³/mol. The lowest BCUT2D eigenvalue weighted by molar-refractivity contribution is -0.118. The Morgan fingerprint density at radius 3 is 2.40 bits per heavy atom. The number of rotatable bonds is 3. The van der Waals surface area contributed by atoms with Gasteiger partial charge in [0.15, 0.2) is 0 Å². The first-order chi connectivity index (χ1) is 9.79. The van der Waals surface area contributed by atoms with Crippen molar-refractivity contribution in [3.8, 4) is 5.69 Å². The molecule has 1 aromatic heterocycles. The van der Waals surface area contributed by atoms with Crippen LogP contribution < -0.4 is 4.90 Å². The Hall–Kier alpha value is -2.37. The van der Waals surface area contributed by atoms with Gasteiger partial charge in [0.1, 0.15) is 5.82 Å². The summed E-state index contributed by atoms with van der Waals surface area (Å²) >= 11 is 0. The number of anilines is 1. The van der Waals surface area contributed by atoms with Crippen LogP contribution in [0.25, 0.3) is 5.69 Å². The van der Waals surface area contributed by atoms with E-state index < -0.39 is 0 Å². The fourth-order valence-corrected chi connectivity index (χ4v) is 2.46. The molecule has 3 rings (SSSR count). The first-order valence-corrected chi connectivity index (χ1v) is 6.71. The molecule has 2 heterocycles. The number of hydrogen-bond donors (Lipinski definition) is 0. The third-order valence-corrected chi connectivity index (χ3v) is 3.57. The highest BCUT2D eigenvalue weighted by Gasteiger charge is 2.21. The highest BCUT2D eigenvalue weighted by molar-refractivity contribution is 5.49. The molecule has 1 fully saturated rings. The van der Waals surface area contributed by atoms with E-state index in [2.05, 4.69) is 19.7 Å². The molecular formula is C14H17N5O. The summed E-state index contributed by atoms with van der Waals surface area (Å²) in [5.41, 5.74) is 1.06. The number of aromatic nitrogens is 3. The lowest BCUT2D eigenvalue weighted by Gasteiger charge is -2.33. The molecule has 1 saturated heterocycles. The minimum absolute atomic E-state index is 0.726. The SMILES string of the molecule is Cc1nnc(N2CCN(C=O)CC2)n1-c1ccccc1. The molecule has 0 unspecified atom stereocenters. The zero-order valence-corrected chi connectivity index (χ0v) is 11.4. The second-order valence-electron chi connectivity index (χ2n) is 4.85. The van der Waals surface area contributed by atoms with Crippen LogP contribution in [0.3, 0.4) is 0 Å². The third-order valence-electron chi connectivity index (χ3n) is 3.57. The zero-order chi connectivity index (χ0) is 13.9. The number of piperazine rings is 1. The van der Waals surface area contributed by atoms with E-state index in [9.17, 15) is 4.79 Å². The van der Waals surface area contributed by atoms with E-state index in [-0.39, 0.29) is 0 Å². The van der Waals surface area contributed by atoms with Crippen LogP contribution in [0.15, 0.2) is 30.3 Å². The number of para-hydroxylation sites is 1. The summed E-state index contributed by atoms with van der Waals surface area (Å²) < 4.78 is 2.05. The molecule has 0 spiro atoms. The zero-order valence-electron chi connectivity index (χ0n) is 11.4. The average Bonchev–Trinajstić information content (AvgIpc) is 2.90. The average molecular weight is 271 g/mol. The molecule has 0 atom stereocenters. The molecule has 104 valence electrons. The first-order valence-electron chi connectivity index (χ1n) is 6.71. The minimum Gasteiger partial charge on any atom is -0.342 e. The molecule has 0 N–H and O–H groups in total. The van der Waals surface area contributed by atoms with Gasteiger partial charge in [-0.25, -0.2) is 0 Å². The Balaban J connectivity index is 1.90. The Bertz CT molecular complexity index is 587. The van der Waals surface area contributed by atoms with E-state index >= 15 is 0 Å². The predicted octanol–water partition coefficient (Wildman–Crippen LogP) is 0.854. The summed E-state index contributed by atoms with van der Waals surface area (Å²) in [4.78, 5) is 14.7. The maximum absolute atomic E-state index is 10.8. The summed E-state index contributed by atoms with van der Waals surface area (Å²) in [7, 11) is 0. The number of carbonyl (C=O) groups excluding carboxylic acids is 1. The van der Waals surface area contributed by atoms with Crippen molar-refractivity contribution in [2.75, 3.05) is 31.1 Å². The summed E-state index contributed by atoms with van der Waals surface area (Å²) in [6, 6.07) is 10.1. The Labute approximate surface area is 117 Å². The van der Waals surface area contributed by atoms with Crippen LogP contribution in [0, 0.1) is 6.92 Å². The third kappa shape index (κ3) is 2.24. The number of aryl methyl sites for hydroxylation is 1. The van der Waals surface area contributed by atoms with E-state index in [1.54, 1.807) is 4.90 Å². The van der Waals surface area contributed by atoms with Crippen LogP contribution in [0.1, 0.15) is 5.82 Å². The second-order valence-corrected chi connectivity index (χ2v) is 4.85. The van der Waals surface area contributed by atoms with Gasteiger partial charge in [-0.15, -0.1) is 10.2 Å². The molecule has 6 heteroatoms. The second kappa shape index (κ2) is 5.32. The number of benzene rings is 1. The van der Waals surface area contributed by atoms with Crippen molar-refractivity contribution >= 4 is 12.4 Å². The van der Waals surface area contributed by atoms with E-state index in [0.29, 0.717) is 0 Å². The molecule has 1 aliphatic rings. The van der Waals surface area contributed by atoms with Crippen LogP contribution in [0.2, 0.25) is 0 Å². The molecule has 0 radical (unpaired) electrons. The molecule has 0 aliphatic carbocycles. The van der Waals surface area contributed by atoms with Crippen LogP contribution in [0.4, 0.5) is 5.95 Å². The van der Waals surface area contributed by atoms with Gasteiger partial charge in [-0.1, -0.05) is 18.2 Å². The van der Waals surface area contributed by atoms with Gasteiger partial charge in [0, 0.05) is 26.2 Å². The van der Waals surface area contributed by atoms with Crippen molar-refractivity contribution in [3.63, 3.8) is 0 Å². The van der Waals surface area contributed by atoms with Crippen molar-refractivity contribution < 1.29 is 4.79 Å². The molecule has 1 amide bonds. The Morgan fingerprint density at radius 1 is 1.05 bits per heavy atom. The van der Waals surface area contributed by atoms with Gasteiger partial charge >= 0.3 is 0 Å². The molecule has 20 heavy (non-hydrogen) atoms. The summed E-state index contributed by atoms with van der Waals surface area (Å²) in [6.45, 7) is 4.97. The summed E-state index contributed by atoms with van der Waals surface area (Å²) in [5.74, 6) is 1.71. The molecule has 0 saturated carbocycles. The first kappa shape index (κ1) is 12.7. The van der Waals surface area contributed by atoms with Crippen molar-refractivity contribution in [2.24, 2.45) is 0 Å². The number of hydrogen-bond acceptors (Lipinski definition) is 4. The fraction of sp³-hybridized carbons (Fsp3) is 0.357. The van der Waals surface area contributed by atoms with Gasteiger partial charge in [0.2, 0.25) is 12.4 Å². The van der Waals surface area contributed by atoms with Gasteiger partial charge < -0.3 is 9.80 Å². The highest BCUT2D eigenvalue weighted by atomic mass is 16.1. The van der Waals surface area contributed by atoms with Gasteiger partial charge in [-0.3, -0.25) is 9.36 Å². The Kier molecular flexibility index (Phi) is 3.37. The maximum atomic E-state index is 10.8. The van der Waals surface area contributed by atoms with E-state index in [1.165, 1.54) is 0 Å². The molecular weight excluding hydrogens is 254 g/mol. The van der Waals surface area contributed by atoms with Gasteiger partial charge in [0.05, 0.1) is 5.69 Å². The quantitative estimate of drug-likeness (QED) is 0.777. The smallest absolute Gasteiger partial charge is 0.232 e. The van der Waals surface area contributed by atoms with Crippen molar-refractivity contribution in [1.82, 2.24) is 19.7 Å². The van der Waals surface area contributed by atoms with Crippen LogP contribution in [-0.4, -0.2) is 52.3 Å². The lowest BCUT2D eigenvalue weighted by atomic mass is 10.3. The fourth-order valence-electron chi connectivity index (χ4n) is 2.46. The van der Waals surface area contributed by atoms with Crippen molar-refractivity contribution in [3.05, 3.63) is 36.2 Å². The van der Waals surface area contributed by atoms with Crippen molar-refractivity contribution in [1.29, 1.82) is 0 Å². The Morgan fingerprint density at radius 2 is 1.75 bits per heavy atom. The lowest BCUT2D eigenvalue weighted by Crippen LogP contribution is -2.46. The summed E-state index contributed by atoms with van der Waals surface area (Å²) in [5, 5.41) is 8.49. The van der Waals surface area contributed by atoms with E-state index in [1.807, 2.05) is 37.3 Å². The normalized spacial score (nSPS) is 15.4. The number of nitrogens with zero attached hydrogens (tertiary/aromatic N) is 5. The van der Waals surface area contributed by atoms with Crippen LogP contribution in [-0.2, 0) is 4.79 Å². The standard InChI is InChI=1S/C14H17N5O/c1-12-15-16-14(18-9-7-17(11-20)8-10-18)19(12)13-5-3-2-4-6-13/h2-6,11H,7-10H2,1H3. The maximum Gasteiger partial charge on any atom is 0.232 e. The molecule has 1 aliphatic heterocycles. The van der Waals surface area contributed by atoms with Gasteiger partial charge in [-0.05, 0) is 19.1 Å². The largest absolute Gasteiger partial charge is 0.342 e. The summed E-state index contributed by atoms with van der Waals surface area (Å²) in [6.07, 6.45) is 0.907. The molecule has 2 aromatic rings. The minimum atomic E-state index is 0.726. The molecule has 0 bridgehead atoms. The number of carbonyl (C=O) groups is 1. The van der Waals surface area contributed by atoms with E-state index in [0.717, 1.165) is 50.0 Å². The topological polar surface area (TPSA) is 54.3 Å².